The van der Waals surface area contributed by atoms with Crippen molar-refractivity contribution in [3.8, 4) is 0 Å². The molecule has 16 fully saturated rings. The number of hydrogen-bond acceptors (Lipinski definition) is 34. The van der Waals surface area contributed by atoms with Gasteiger partial charge in [-0.3, -0.25) is 33.6 Å². The second-order valence-electron chi connectivity index (χ2n) is 36.4. The fourth-order valence-corrected chi connectivity index (χ4v) is 18.9. The summed E-state index contributed by atoms with van der Waals surface area (Å²) < 4.78 is 155. The molecular weight excluding hydrogens is 1570 g/mol. The minimum Gasteiger partial charge on any atom is -0.461 e. The first-order chi connectivity index (χ1) is 55.3. The van der Waals surface area contributed by atoms with Gasteiger partial charge in [0.1, 0.15) is 140 Å². The highest BCUT2D eigenvalue weighted by Gasteiger charge is 2.67. The fourth-order valence-electron chi connectivity index (χ4n) is 18.9. The number of amides is 7. The van der Waals surface area contributed by atoms with Crippen molar-refractivity contribution in [3.05, 3.63) is 10.4 Å². The molecule has 16 heterocycles. The van der Waals surface area contributed by atoms with Gasteiger partial charge in [0, 0.05) is 50.7 Å². The van der Waals surface area contributed by atoms with E-state index in [-0.39, 0.29) is 52.4 Å². The summed E-state index contributed by atoms with van der Waals surface area (Å²) in [5.41, 5.74) is 8.98. The number of carbonyl (C=O) groups excluding carboxylic acids is 8. The van der Waals surface area contributed by atoms with Crippen molar-refractivity contribution < 1.29 is 157 Å². The minimum atomic E-state index is -1.28. The van der Waals surface area contributed by atoms with E-state index < -0.39 is 295 Å². The van der Waals surface area contributed by atoms with Gasteiger partial charge in [-0.15, -0.1) is 0 Å². The molecule has 658 valence electrons. The molecule has 0 bridgehead atoms. The van der Waals surface area contributed by atoms with Crippen LogP contribution in [0.25, 0.3) is 10.4 Å². The van der Waals surface area contributed by atoms with Crippen LogP contribution in [0.3, 0.4) is 0 Å². The van der Waals surface area contributed by atoms with Gasteiger partial charge < -0.3 is 156 Å². The van der Waals surface area contributed by atoms with Crippen LogP contribution in [0.15, 0.2) is 5.11 Å². The summed E-state index contributed by atoms with van der Waals surface area (Å²) in [5, 5.41) is 23.8. The van der Waals surface area contributed by atoms with Gasteiger partial charge in [0.15, 0.2) is 95.1 Å². The van der Waals surface area contributed by atoms with E-state index in [1.807, 2.05) is 0 Å². The molecule has 16 aliphatic rings. The first kappa shape index (κ1) is 85.7. The number of nitrogens with zero attached hydrogens (tertiary/aromatic N) is 3. The monoisotopic (exact) mass is 1680 g/mol. The van der Waals surface area contributed by atoms with Crippen LogP contribution in [-0.2, 0) is 157 Å². The highest BCUT2D eigenvalue weighted by molar-refractivity contribution is 5.86. The average molecular weight is 1680 g/mol. The van der Waals surface area contributed by atoms with E-state index in [9.17, 15) is 38.4 Å². The Morgan fingerprint density at radius 3 is 0.602 bits per heavy atom. The lowest BCUT2D eigenvalue weighted by molar-refractivity contribution is -0.198. The largest absolute Gasteiger partial charge is 0.461 e. The fraction of sp³-hybridized carbons (Fsp3) is 0.893. The van der Waals surface area contributed by atoms with Crippen molar-refractivity contribution in [2.24, 2.45) is 5.11 Å². The Bertz CT molecular complexity index is 3920. The van der Waals surface area contributed by atoms with Gasteiger partial charge in [-0.25, -0.2) is 4.79 Å². The number of ether oxygens (including phenoxy) is 25. The summed E-state index contributed by atoms with van der Waals surface area (Å²) in [6.07, 6.45) is -30.7. The third kappa shape index (κ3) is 17.1. The Hall–Kier alpha value is -5.89. The van der Waals surface area contributed by atoms with Crippen LogP contribution in [0.4, 0.5) is 0 Å². The number of esters is 1. The van der Waals surface area contributed by atoms with Gasteiger partial charge in [-0.1, -0.05) is 5.11 Å². The molecule has 0 aliphatic carbocycles. The van der Waals surface area contributed by atoms with Crippen LogP contribution in [0.2, 0.25) is 0 Å². The van der Waals surface area contributed by atoms with Crippen LogP contribution in [0.5, 0.6) is 0 Å². The van der Waals surface area contributed by atoms with Crippen molar-refractivity contribution >= 4 is 47.3 Å². The van der Waals surface area contributed by atoms with Crippen molar-refractivity contribution in [3.63, 3.8) is 0 Å². The van der Waals surface area contributed by atoms with Crippen molar-refractivity contribution in [2.45, 2.75) is 372 Å². The second kappa shape index (κ2) is 31.4. The van der Waals surface area contributed by atoms with Crippen molar-refractivity contribution in [1.82, 2.24) is 37.2 Å². The number of fused-ring (bicyclic) bond motifs is 8. The van der Waals surface area contributed by atoms with Gasteiger partial charge in [0.2, 0.25) is 0 Å². The normalized spacial score (nSPS) is 44.2. The van der Waals surface area contributed by atoms with Gasteiger partial charge in [-0.2, -0.15) is 0 Å². The number of hydrogen-bond donors (Lipinski definition) is 7. The maximum atomic E-state index is 14.5. The maximum Gasteiger partial charge on any atom is 0.338 e. The highest BCUT2D eigenvalue weighted by Crippen LogP contribution is 2.48. The zero-order chi connectivity index (χ0) is 84.4. The molecule has 7 amide bonds. The SMILES string of the molecule is CC(C)OC(=O)[C@H]1O[C@H](CNC(=O)[C@H]2O[C@H](CNC(=O)[C@H]3O[C@H](CNC(=O)[C@H]4O[C@H](CNC(=O)[C@H]5O[C@H](CNC(=O)[C@H]6O[C@H](CNC(=O)[C@H]7O[C@H](CNC(=O)[C@H]8O[C@H](CN=[N+]=[N-])[C@@H]9OC(C)(C)O[C@@H]98)[C@@H]8OC(C)(C)O[C@@H]87)[C@@H]7OC(C)(C)O[C@@H]76)[C@@H]6OC(C)(C)O[C@@H]65)[C@@H]5OC(C)(C)O[C@@H]54)[C@@H]4OC(C)(C)O[C@@H]43)[C@@H]3OC(C)(C)O[C@@H]32)[C@@H]2OC(C)(C)O[C@@H]21. The van der Waals surface area contributed by atoms with E-state index in [4.69, 9.17) is 124 Å². The van der Waals surface area contributed by atoms with E-state index in [2.05, 4.69) is 47.2 Å². The van der Waals surface area contributed by atoms with Crippen LogP contribution in [0.1, 0.15) is 125 Å². The van der Waals surface area contributed by atoms with Crippen LogP contribution < -0.4 is 37.2 Å². The summed E-state index contributed by atoms with van der Waals surface area (Å²) in [5.74, 6) is -13.8. The molecule has 43 nitrogen and oxygen atoms in total. The molecule has 7 N–H and O–H groups in total. The molecule has 0 spiro atoms. The van der Waals surface area contributed by atoms with E-state index >= 15 is 0 Å². The molecule has 43 heteroatoms. The van der Waals surface area contributed by atoms with Crippen LogP contribution >= 0.6 is 0 Å². The van der Waals surface area contributed by atoms with E-state index in [0.29, 0.717) is 0 Å². The lowest BCUT2D eigenvalue weighted by Crippen LogP contribution is -2.48. The number of nitrogens with one attached hydrogen (secondary N) is 7. The minimum absolute atomic E-state index is 0.0844. The van der Waals surface area contributed by atoms with Gasteiger partial charge >= 0.3 is 5.97 Å². The highest BCUT2D eigenvalue weighted by atomic mass is 16.8. The zero-order valence-electron chi connectivity index (χ0n) is 69.0. The van der Waals surface area contributed by atoms with Crippen molar-refractivity contribution in [1.29, 1.82) is 0 Å². The van der Waals surface area contributed by atoms with E-state index in [1.54, 1.807) is 125 Å². The maximum absolute atomic E-state index is 14.5. The third-order valence-corrected chi connectivity index (χ3v) is 23.3. The topological polar surface area (TPSA) is 500 Å². The zero-order valence-corrected chi connectivity index (χ0v) is 69.0. The molecule has 0 aromatic carbocycles. The molecule has 16 rings (SSSR count). The molecular formula is C75H110N10O33. The lowest BCUT2D eigenvalue weighted by atomic mass is 10.0. The van der Waals surface area contributed by atoms with E-state index in [1.165, 1.54) is 0 Å². The van der Waals surface area contributed by atoms with Gasteiger partial charge in [-0.05, 0) is 130 Å². The first-order valence-corrected chi connectivity index (χ1v) is 40.6. The molecule has 0 aromatic heterocycles. The smallest absolute Gasteiger partial charge is 0.338 e. The molecule has 0 saturated carbocycles. The first-order valence-electron chi connectivity index (χ1n) is 40.6. The molecule has 0 unspecified atom stereocenters. The Morgan fingerprint density at radius 1 is 0.271 bits per heavy atom. The Labute approximate surface area is 679 Å². The summed E-state index contributed by atoms with van der Waals surface area (Å²) in [4.78, 5) is 116. The quantitative estimate of drug-likeness (QED) is 0.0213. The van der Waals surface area contributed by atoms with Crippen LogP contribution in [0, 0.1) is 0 Å². The third-order valence-electron chi connectivity index (χ3n) is 23.3. The number of rotatable bonds is 25. The summed E-state index contributed by atoms with van der Waals surface area (Å²) in [6, 6.07) is 0. The predicted octanol–water partition coefficient (Wildman–Crippen LogP) is -2.64. The number of carbonyl (C=O) groups is 8. The van der Waals surface area contributed by atoms with E-state index in [0.717, 1.165) is 0 Å². The molecule has 0 radical (unpaired) electrons. The Kier molecular flexibility index (Phi) is 22.8. The predicted molar refractivity (Wildman–Crippen MR) is 386 cm³/mol. The standard InChI is InChI=1S/C75H110N10O33/c1-27(2)94-67(93)59-51-42(109-75(17,18)118-51)34(102-59)25-83-65(91)57-49-40(107-73(13,14)116-49)32(100-57)23-81-63(89)55-47-38(105-71(9,10)114-47)30(98-55)21-79-61(87)53-45-36(103-69(5,6)112-45)28(96-53)19-77-60(86)52-44-37(104-68(3,4)111-44)29(95-52)20-78-62(88)54-46-39(106-70(7,8)113-46)31(97-54)22-80-64(90)56-48-41(108-72(11,12)115-48)33(99-56)24-82-66(92)58-50-43(110-74(15,16)117-50)35(101-58)26-84-85-76/h27-59H,19-26H2,1-18H3,(H,77,86)(H,78,88)(H,79,87)(H,80,90)(H,81,89)(H,82,92)(H,83,91)/t28-,29-,30-,31-,32-,33-,34-,35-,36+,37+,38+,39+,40+,41+,42+,43+,44+,45+,46+,47+,48+,49+,50+,51+,52+,53+,54+,55+,56+,57+,58+,59+/m1/s1. The summed E-state index contributed by atoms with van der Waals surface area (Å²) in [7, 11) is 0. The lowest BCUT2D eigenvalue weighted by Gasteiger charge is -2.26. The van der Waals surface area contributed by atoms with Crippen molar-refractivity contribution in [2.75, 3.05) is 52.4 Å². The number of azide groups is 1. The molecule has 16 saturated heterocycles. The average Bonchev–Trinajstić information content (AvgIpc) is 1.73. The van der Waals surface area contributed by atoms with Crippen LogP contribution in [-0.4, -0.2) is 347 Å². The summed E-state index contributed by atoms with van der Waals surface area (Å²) in [6.45, 7) is 29.4. The molecule has 0 aromatic rings. The second-order valence-corrected chi connectivity index (χ2v) is 36.4. The molecule has 118 heavy (non-hydrogen) atoms. The molecule has 16 aliphatic heterocycles. The Balaban J connectivity index is 0.503. The Morgan fingerprint density at radius 2 is 0.424 bits per heavy atom. The van der Waals surface area contributed by atoms with Gasteiger partial charge in [0.05, 0.1) is 18.8 Å². The molecule has 32 atom stereocenters. The van der Waals surface area contributed by atoms with Gasteiger partial charge in [0.25, 0.3) is 41.4 Å². The summed E-state index contributed by atoms with van der Waals surface area (Å²) >= 11 is 0.